The first-order valence-electron chi connectivity index (χ1n) is 5.98. The Morgan fingerprint density at radius 2 is 2.11 bits per heavy atom. The summed E-state index contributed by atoms with van der Waals surface area (Å²) in [7, 11) is 0. The topological polar surface area (TPSA) is 64.3 Å². The van der Waals surface area contributed by atoms with Gasteiger partial charge in [0.2, 0.25) is 5.91 Å². The highest BCUT2D eigenvalue weighted by molar-refractivity contribution is 6.30. The van der Waals surface area contributed by atoms with Gasteiger partial charge in [-0.05, 0) is 24.1 Å². The molecule has 1 atom stereocenters. The second-order valence-electron chi connectivity index (χ2n) is 3.99. The van der Waals surface area contributed by atoms with E-state index >= 15 is 0 Å². The number of nitrogens with two attached hydrogens (primary N) is 1. The maximum atomic E-state index is 10.5. The summed E-state index contributed by atoms with van der Waals surface area (Å²) in [5.41, 5.74) is 6.16. The molecule has 4 nitrogen and oxygen atoms in total. The number of benzene rings is 1. The van der Waals surface area contributed by atoms with Crippen molar-refractivity contribution in [3.8, 4) is 0 Å². The fourth-order valence-electron chi connectivity index (χ4n) is 1.67. The molecule has 0 saturated carbocycles. The Morgan fingerprint density at radius 3 is 2.67 bits per heavy atom. The van der Waals surface area contributed by atoms with E-state index in [0.29, 0.717) is 13.2 Å². The Kier molecular flexibility index (Phi) is 6.72. The summed E-state index contributed by atoms with van der Waals surface area (Å²) in [5.74, 6) is -0.445. The van der Waals surface area contributed by atoms with E-state index in [2.05, 4.69) is 12.2 Å². The van der Waals surface area contributed by atoms with Crippen molar-refractivity contribution in [1.82, 2.24) is 5.32 Å². The maximum absolute atomic E-state index is 10.5. The third-order valence-electron chi connectivity index (χ3n) is 2.56. The maximum Gasteiger partial charge on any atom is 0.243 e. The molecule has 0 heterocycles. The van der Waals surface area contributed by atoms with Gasteiger partial charge >= 0.3 is 0 Å². The lowest BCUT2D eigenvalue weighted by molar-refractivity contribution is -0.122. The van der Waals surface area contributed by atoms with Crippen LogP contribution in [-0.2, 0) is 9.53 Å². The highest BCUT2D eigenvalue weighted by Crippen LogP contribution is 2.18. The summed E-state index contributed by atoms with van der Waals surface area (Å²) in [4.78, 5) is 10.5. The van der Waals surface area contributed by atoms with E-state index in [1.807, 2.05) is 24.3 Å². The van der Waals surface area contributed by atoms with Crippen LogP contribution in [0.4, 0.5) is 0 Å². The zero-order valence-electron chi connectivity index (χ0n) is 10.5. The number of hydrogen-bond donors (Lipinski definition) is 2. The standard InChI is InChI=1S/C13H19ClN2O2/c1-2-12(10-3-5-11(14)6-4-10)16-7-8-18-9-13(15)17/h3-6,12,16H,2,7-9H2,1H3,(H2,15,17). The number of hydrogen-bond acceptors (Lipinski definition) is 3. The average molecular weight is 271 g/mol. The Balaban J connectivity index is 2.33. The van der Waals surface area contributed by atoms with Gasteiger partial charge in [-0.2, -0.15) is 0 Å². The van der Waals surface area contributed by atoms with Crippen molar-refractivity contribution in [3.63, 3.8) is 0 Å². The van der Waals surface area contributed by atoms with Crippen LogP contribution < -0.4 is 11.1 Å². The molecule has 0 aromatic heterocycles. The molecule has 1 aromatic rings. The first kappa shape index (κ1) is 15.0. The van der Waals surface area contributed by atoms with Crippen LogP contribution in [0.1, 0.15) is 24.9 Å². The van der Waals surface area contributed by atoms with E-state index in [4.69, 9.17) is 22.1 Å². The van der Waals surface area contributed by atoms with Gasteiger partial charge in [0.25, 0.3) is 0 Å². The average Bonchev–Trinajstić information content (AvgIpc) is 2.35. The van der Waals surface area contributed by atoms with Gasteiger partial charge < -0.3 is 15.8 Å². The SMILES string of the molecule is CCC(NCCOCC(N)=O)c1ccc(Cl)cc1. The molecule has 1 unspecified atom stereocenters. The van der Waals surface area contributed by atoms with Crippen LogP contribution in [0.15, 0.2) is 24.3 Å². The molecule has 0 fully saturated rings. The zero-order chi connectivity index (χ0) is 13.4. The van der Waals surface area contributed by atoms with Gasteiger partial charge in [-0.15, -0.1) is 0 Å². The third kappa shape index (κ3) is 5.49. The molecule has 1 aromatic carbocycles. The van der Waals surface area contributed by atoms with Crippen LogP contribution in [0.2, 0.25) is 5.02 Å². The molecular formula is C13H19ClN2O2. The second-order valence-corrected chi connectivity index (χ2v) is 4.42. The monoisotopic (exact) mass is 270 g/mol. The fraction of sp³-hybridized carbons (Fsp3) is 0.462. The Hall–Kier alpha value is -1.10. The highest BCUT2D eigenvalue weighted by atomic mass is 35.5. The molecule has 0 spiro atoms. The summed E-state index contributed by atoms with van der Waals surface area (Å²) < 4.78 is 5.09. The predicted molar refractivity (Wildman–Crippen MR) is 72.5 cm³/mol. The molecule has 1 amide bonds. The van der Waals surface area contributed by atoms with E-state index in [1.165, 1.54) is 5.56 Å². The van der Waals surface area contributed by atoms with Crippen molar-refractivity contribution in [2.45, 2.75) is 19.4 Å². The minimum absolute atomic E-state index is 0.0284. The number of carbonyl (C=O) groups is 1. The quantitative estimate of drug-likeness (QED) is 0.709. The number of rotatable bonds is 8. The van der Waals surface area contributed by atoms with Crippen molar-refractivity contribution < 1.29 is 9.53 Å². The van der Waals surface area contributed by atoms with Gasteiger partial charge in [0.05, 0.1) is 6.61 Å². The lowest BCUT2D eigenvalue weighted by atomic mass is 10.0. The van der Waals surface area contributed by atoms with E-state index in [1.54, 1.807) is 0 Å². The zero-order valence-corrected chi connectivity index (χ0v) is 11.2. The Labute approximate surface area is 112 Å². The van der Waals surface area contributed by atoms with Crippen LogP contribution in [0.3, 0.4) is 0 Å². The summed E-state index contributed by atoms with van der Waals surface area (Å²) in [5, 5.41) is 4.09. The summed E-state index contributed by atoms with van der Waals surface area (Å²) in [6.45, 7) is 3.22. The van der Waals surface area contributed by atoms with E-state index < -0.39 is 5.91 Å². The van der Waals surface area contributed by atoms with Crippen molar-refractivity contribution >= 4 is 17.5 Å². The minimum atomic E-state index is -0.445. The molecule has 0 radical (unpaired) electrons. The van der Waals surface area contributed by atoms with E-state index in [0.717, 1.165) is 11.4 Å². The molecule has 0 saturated heterocycles. The molecule has 0 aliphatic rings. The minimum Gasteiger partial charge on any atom is -0.370 e. The number of primary amides is 1. The lowest BCUT2D eigenvalue weighted by Crippen LogP contribution is -2.27. The molecule has 5 heteroatoms. The normalized spacial score (nSPS) is 12.3. The van der Waals surface area contributed by atoms with Crippen LogP contribution in [0.5, 0.6) is 0 Å². The van der Waals surface area contributed by atoms with Gasteiger partial charge in [-0.3, -0.25) is 4.79 Å². The first-order valence-corrected chi connectivity index (χ1v) is 6.36. The van der Waals surface area contributed by atoms with Crippen molar-refractivity contribution in [3.05, 3.63) is 34.9 Å². The fourth-order valence-corrected chi connectivity index (χ4v) is 1.80. The van der Waals surface area contributed by atoms with Gasteiger partial charge in [-0.1, -0.05) is 30.7 Å². The summed E-state index contributed by atoms with van der Waals surface area (Å²) >= 11 is 5.85. The molecule has 18 heavy (non-hydrogen) atoms. The van der Waals surface area contributed by atoms with Crippen LogP contribution in [-0.4, -0.2) is 25.7 Å². The van der Waals surface area contributed by atoms with Crippen LogP contribution >= 0.6 is 11.6 Å². The van der Waals surface area contributed by atoms with Crippen molar-refractivity contribution in [2.75, 3.05) is 19.8 Å². The molecule has 1 rings (SSSR count). The van der Waals surface area contributed by atoms with E-state index in [9.17, 15) is 4.79 Å². The number of ether oxygens (including phenoxy) is 1. The van der Waals surface area contributed by atoms with Crippen LogP contribution in [0, 0.1) is 0 Å². The highest BCUT2D eigenvalue weighted by Gasteiger charge is 2.07. The molecule has 0 aliphatic carbocycles. The smallest absolute Gasteiger partial charge is 0.243 e. The molecule has 3 N–H and O–H groups in total. The number of nitrogens with one attached hydrogen (secondary N) is 1. The molecule has 0 aliphatic heterocycles. The third-order valence-corrected chi connectivity index (χ3v) is 2.81. The van der Waals surface area contributed by atoms with Gasteiger partial charge in [0.15, 0.2) is 0 Å². The van der Waals surface area contributed by atoms with Gasteiger partial charge in [0.1, 0.15) is 6.61 Å². The lowest BCUT2D eigenvalue weighted by Gasteiger charge is -2.17. The molecule has 100 valence electrons. The summed E-state index contributed by atoms with van der Waals surface area (Å²) in [6.07, 6.45) is 0.970. The van der Waals surface area contributed by atoms with Crippen molar-refractivity contribution in [2.24, 2.45) is 5.73 Å². The van der Waals surface area contributed by atoms with Crippen LogP contribution in [0.25, 0.3) is 0 Å². The summed E-state index contributed by atoms with van der Waals surface area (Å²) in [6, 6.07) is 8.04. The Bertz CT molecular complexity index is 368. The molecule has 0 bridgehead atoms. The molecular weight excluding hydrogens is 252 g/mol. The number of carbonyl (C=O) groups excluding carboxylic acids is 1. The number of amides is 1. The van der Waals surface area contributed by atoms with Gasteiger partial charge in [-0.25, -0.2) is 0 Å². The van der Waals surface area contributed by atoms with E-state index in [-0.39, 0.29) is 12.6 Å². The van der Waals surface area contributed by atoms with Crippen molar-refractivity contribution in [1.29, 1.82) is 0 Å². The predicted octanol–water partition coefficient (Wildman–Crippen LogP) is 1.88. The Morgan fingerprint density at radius 1 is 1.44 bits per heavy atom. The largest absolute Gasteiger partial charge is 0.370 e. The second kappa shape index (κ2) is 8.08. The first-order chi connectivity index (χ1) is 8.63. The number of halogens is 1. The van der Waals surface area contributed by atoms with Gasteiger partial charge in [0, 0.05) is 17.6 Å².